The highest BCUT2D eigenvalue weighted by Gasteiger charge is 2.42. The summed E-state index contributed by atoms with van der Waals surface area (Å²) in [7, 11) is 1.17. The normalized spacial score (nSPS) is 16.8. The molecule has 1 aliphatic heterocycles. The predicted molar refractivity (Wildman–Crippen MR) is 102 cm³/mol. The van der Waals surface area contributed by atoms with Crippen LogP contribution in [0.5, 0.6) is 5.88 Å². The lowest BCUT2D eigenvalue weighted by Crippen LogP contribution is -2.35. The van der Waals surface area contributed by atoms with Gasteiger partial charge >= 0.3 is 12.2 Å². The summed E-state index contributed by atoms with van der Waals surface area (Å²) in [5, 5.41) is 11.1. The van der Waals surface area contributed by atoms with Gasteiger partial charge in [-0.3, -0.25) is 14.8 Å². The van der Waals surface area contributed by atoms with E-state index in [0.29, 0.717) is 5.69 Å². The van der Waals surface area contributed by atoms with E-state index in [4.69, 9.17) is 4.74 Å². The number of methoxy groups -OCH3 is 1. The fraction of sp³-hybridized carbons (Fsp3) is 0.200. The van der Waals surface area contributed by atoms with E-state index in [1.54, 1.807) is 18.3 Å². The van der Waals surface area contributed by atoms with Crippen molar-refractivity contribution in [3.63, 3.8) is 0 Å². The van der Waals surface area contributed by atoms with Crippen LogP contribution in [-0.2, 0) is 6.18 Å². The number of nitrogens with zero attached hydrogens (tertiary/aromatic N) is 5. The smallest absolute Gasteiger partial charge is 0.433 e. The lowest BCUT2D eigenvalue weighted by atomic mass is 10.1. The first kappa shape index (κ1) is 19.4. The molecular weight excluding hydrogens is 399 g/mol. The van der Waals surface area contributed by atoms with Gasteiger partial charge < -0.3 is 4.74 Å². The van der Waals surface area contributed by atoms with Gasteiger partial charge in [-0.1, -0.05) is 24.3 Å². The number of anilines is 2. The van der Waals surface area contributed by atoms with Crippen molar-refractivity contribution in [3.8, 4) is 11.9 Å². The van der Waals surface area contributed by atoms with Crippen molar-refractivity contribution in [2.75, 3.05) is 23.5 Å². The zero-order valence-electron chi connectivity index (χ0n) is 15.6. The molecule has 1 aromatic carbocycles. The van der Waals surface area contributed by atoms with Gasteiger partial charge in [0.05, 0.1) is 31.6 Å². The Morgan fingerprint density at radius 3 is 2.63 bits per heavy atom. The monoisotopic (exact) mass is 413 g/mol. The summed E-state index contributed by atoms with van der Waals surface area (Å²) in [4.78, 5) is 23.3. The lowest BCUT2D eigenvalue weighted by molar-refractivity contribution is -0.141. The zero-order valence-corrected chi connectivity index (χ0v) is 15.6. The van der Waals surface area contributed by atoms with Gasteiger partial charge in [0.25, 0.3) is 0 Å². The van der Waals surface area contributed by atoms with Crippen molar-refractivity contribution >= 4 is 28.2 Å². The summed E-state index contributed by atoms with van der Waals surface area (Å²) in [6.45, 7) is -0.0675. The minimum Gasteiger partial charge on any atom is -0.479 e. The first-order valence-electron chi connectivity index (χ1n) is 8.80. The summed E-state index contributed by atoms with van der Waals surface area (Å²) in [5.41, 5.74) is -0.654. The van der Waals surface area contributed by atoms with Crippen molar-refractivity contribution in [2.24, 2.45) is 0 Å². The third-order valence-electron chi connectivity index (χ3n) is 4.77. The number of carbonyl (C=O) groups is 1. The van der Waals surface area contributed by atoms with Crippen molar-refractivity contribution < 1.29 is 22.7 Å². The van der Waals surface area contributed by atoms with Crippen LogP contribution in [-0.4, -0.2) is 35.7 Å². The Balaban J connectivity index is 1.78. The molecular formula is C20H14F3N5O2. The average molecular weight is 413 g/mol. The first-order valence-corrected chi connectivity index (χ1v) is 8.80. The van der Waals surface area contributed by atoms with Crippen molar-refractivity contribution in [1.29, 1.82) is 5.26 Å². The highest BCUT2D eigenvalue weighted by atomic mass is 19.4. The number of urea groups is 1. The first-order chi connectivity index (χ1) is 14.3. The third kappa shape index (κ3) is 3.14. The molecule has 3 heterocycles. The quantitative estimate of drug-likeness (QED) is 0.648. The van der Waals surface area contributed by atoms with Crippen LogP contribution in [0.15, 0.2) is 48.8 Å². The van der Waals surface area contributed by atoms with E-state index < -0.39 is 23.9 Å². The lowest BCUT2D eigenvalue weighted by Gasteiger charge is -2.22. The Hall–Kier alpha value is -3.87. The van der Waals surface area contributed by atoms with Gasteiger partial charge in [-0.05, 0) is 12.1 Å². The molecule has 10 heteroatoms. The molecule has 4 rings (SSSR count). The number of amides is 2. The molecule has 3 aromatic rings. The second-order valence-corrected chi connectivity index (χ2v) is 6.51. The number of hydrogen-bond donors (Lipinski definition) is 0. The molecule has 1 fully saturated rings. The molecule has 30 heavy (non-hydrogen) atoms. The standard InChI is InChI=1S/C20H14F3N5O2/c1-30-18-15(6-7-17(26-18)20(21,22)23)27-11-13(8-24)28(19(27)29)16-10-25-9-12-4-2-3-5-14(12)16/h2-7,9-10,13H,11H2,1H3/t13-/m1/s1. The fourth-order valence-corrected chi connectivity index (χ4v) is 3.41. The molecule has 152 valence electrons. The number of benzene rings is 1. The highest BCUT2D eigenvalue weighted by Crippen LogP contribution is 2.38. The number of fused-ring (bicyclic) bond motifs is 1. The Bertz CT molecular complexity index is 1170. The summed E-state index contributed by atoms with van der Waals surface area (Å²) in [5.74, 6) is -0.354. The second kappa shape index (κ2) is 7.18. The van der Waals surface area contributed by atoms with E-state index in [-0.39, 0.29) is 18.1 Å². The molecule has 0 spiro atoms. The van der Waals surface area contributed by atoms with E-state index in [1.807, 2.05) is 12.1 Å². The van der Waals surface area contributed by atoms with E-state index in [9.17, 15) is 23.2 Å². The number of ether oxygens (including phenoxy) is 1. The van der Waals surface area contributed by atoms with Crippen LogP contribution < -0.4 is 14.5 Å². The molecule has 0 N–H and O–H groups in total. The molecule has 1 aliphatic rings. The molecule has 1 atom stereocenters. The number of carbonyl (C=O) groups excluding carboxylic acids is 1. The van der Waals surface area contributed by atoms with Crippen LogP contribution in [0, 0.1) is 11.3 Å². The van der Waals surface area contributed by atoms with Crippen LogP contribution in [0.3, 0.4) is 0 Å². The van der Waals surface area contributed by atoms with E-state index in [1.165, 1.54) is 23.1 Å². The number of nitriles is 1. The predicted octanol–water partition coefficient (Wildman–Crippen LogP) is 4.00. The molecule has 0 radical (unpaired) electrons. The largest absolute Gasteiger partial charge is 0.479 e. The molecule has 0 bridgehead atoms. The van der Waals surface area contributed by atoms with Gasteiger partial charge in [0.15, 0.2) is 0 Å². The Morgan fingerprint density at radius 2 is 1.93 bits per heavy atom. The van der Waals surface area contributed by atoms with Gasteiger partial charge in [0, 0.05) is 17.0 Å². The van der Waals surface area contributed by atoms with Gasteiger partial charge in [-0.2, -0.15) is 18.4 Å². The topological polar surface area (TPSA) is 82.3 Å². The van der Waals surface area contributed by atoms with Gasteiger partial charge in [-0.25, -0.2) is 9.78 Å². The summed E-state index contributed by atoms with van der Waals surface area (Å²) in [6, 6.07) is 9.76. The molecule has 0 aliphatic carbocycles. The van der Waals surface area contributed by atoms with Crippen molar-refractivity contribution in [1.82, 2.24) is 9.97 Å². The van der Waals surface area contributed by atoms with Crippen LogP contribution in [0.25, 0.3) is 10.8 Å². The summed E-state index contributed by atoms with van der Waals surface area (Å²) in [6.07, 6.45) is -1.53. The second-order valence-electron chi connectivity index (χ2n) is 6.51. The highest BCUT2D eigenvalue weighted by molar-refractivity contribution is 6.12. The molecule has 0 saturated carbocycles. The number of alkyl halides is 3. The fourth-order valence-electron chi connectivity index (χ4n) is 3.41. The van der Waals surface area contributed by atoms with Crippen molar-refractivity contribution in [3.05, 3.63) is 54.5 Å². The summed E-state index contributed by atoms with van der Waals surface area (Å²) >= 11 is 0. The zero-order chi connectivity index (χ0) is 21.5. The number of pyridine rings is 2. The van der Waals surface area contributed by atoms with E-state index in [0.717, 1.165) is 22.9 Å². The Labute approximate surface area is 168 Å². The van der Waals surface area contributed by atoms with Gasteiger partial charge in [-0.15, -0.1) is 0 Å². The number of halogens is 3. The molecule has 2 aromatic heterocycles. The molecule has 1 saturated heterocycles. The molecule has 7 nitrogen and oxygen atoms in total. The van der Waals surface area contributed by atoms with Crippen molar-refractivity contribution in [2.45, 2.75) is 12.2 Å². The van der Waals surface area contributed by atoms with Crippen LogP contribution >= 0.6 is 0 Å². The molecule has 0 unspecified atom stereocenters. The SMILES string of the molecule is COc1nc(C(F)(F)F)ccc1N1C[C@@H](C#N)N(c2cncc3ccccc23)C1=O. The van der Waals surface area contributed by atoms with E-state index in [2.05, 4.69) is 16.0 Å². The van der Waals surface area contributed by atoms with Gasteiger partial charge in [0.2, 0.25) is 5.88 Å². The number of rotatable bonds is 3. The van der Waals surface area contributed by atoms with Crippen LogP contribution in [0.2, 0.25) is 0 Å². The summed E-state index contributed by atoms with van der Waals surface area (Å²) < 4.78 is 43.9. The van der Waals surface area contributed by atoms with Crippen LogP contribution in [0.1, 0.15) is 5.69 Å². The van der Waals surface area contributed by atoms with Crippen LogP contribution in [0.4, 0.5) is 29.3 Å². The average Bonchev–Trinajstić information content (AvgIpc) is 3.08. The Kier molecular flexibility index (Phi) is 4.66. The minimum atomic E-state index is -4.66. The number of hydrogen-bond acceptors (Lipinski definition) is 5. The maximum Gasteiger partial charge on any atom is 0.433 e. The van der Waals surface area contributed by atoms with Gasteiger partial charge in [0.1, 0.15) is 17.4 Å². The van der Waals surface area contributed by atoms with E-state index >= 15 is 0 Å². The molecule has 2 amide bonds. The Morgan fingerprint density at radius 1 is 1.17 bits per heavy atom. The maximum absolute atomic E-state index is 13.2. The maximum atomic E-state index is 13.2. The third-order valence-corrected chi connectivity index (χ3v) is 4.77. The number of aromatic nitrogens is 2. The minimum absolute atomic E-state index is 0.0476.